The molecule has 1 aliphatic heterocycles. The molecule has 1 aliphatic rings. The Kier molecular flexibility index (Phi) is 4.54. The fourth-order valence-corrected chi connectivity index (χ4v) is 2.91. The summed E-state index contributed by atoms with van der Waals surface area (Å²) in [6.07, 6.45) is -3.84. The van der Waals surface area contributed by atoms with Gasteiger partial charge in [0.25, 0.3) is 0 Å². The second kappa shape index (κ2) is 6.50. The average molecular weight is 369 g/mol. The lowest BCUT2D eigenvalue weighted by atomic mass is 10.1. The van der Waals surface area contributed by atoms with Crippen LogP contribution in [0.5, 0.6) is 0 Å². The van der Waals surface area contributed by atoms with Crippen molar-refractivity contribution in [2.45, 2.75) is 25.4 Å². The van der Waals surface area contributed by atoms with Gasteiger partial charge in [-0.3, -0.25) is 4.98 Å². The van der Waals surface area contributed by atoms with E-state index in [1.54, 1.807) is 36.2 Å². The monoisotopic (exact) mass is 368 g/mol. The summed E-state index contributed by atoms with van der Waals surface area (Å²) in [5.41, 5.74) is -1.27. The Morgan fingerprint density at radius 1 is 1.40 bits per heavy atom. The highest BCUT2D eigenvalue weighted by Gasteiger charge is 2.39. The number of hydrogen-bond donors (Lipinski definition) is 0. The van der Waals surface area contributed by atoms with E-state index in [4.69, 9.17) is 21.6 Å². The van der Waals surface area contributed by atoms with Gasteiger partial charge >= 0.3 is 6.18 Å². The summed E-state index contributed by atoms with van der Waals surface area (Å²) >= 11 is 5.84. The third kappa shape index (κ3) is 3.25. The van der Waals surface area contributed by atoms with Crippen molar-refractivity contribution in [3.63, 3.8) is 0 Å². The van der Waals surface area contributed by atoms with Crippen molar-refractivity contribution in [2.24, 2.45) is 0 Å². The average Bonchev–Trinajstić information content (AvgIpc) is 2.95. The molecule has 1 fully saturated rings. The first-order valence-corrected chi connectivity index (χ1v) is 7.69. The van der Waals surface area contributed by atoms with Crippen molar-refractivity contribution in [3.05, 3.63) is 52.4 Å². The second-order valence-electron chi connectivity index (χ2n) is 5.50. The van der Waals surface area contributed by atoms with E-state index < -0.39 is 28.7 Å². The zero-order valence-electron chi connectivity index (χ0n) is 13.0. The van der Waals surface area contributed by atoms with Gasteiger partial charge in [-0.2, -0.15) is 18.4 Å². The lowest BCUT2D eigenvalue weighted by Crippen LogP contribution is -2.32. The second-order valence-corrected chi connectivity index (χ2v) is 5.86. The third-order valence-electron chi connectivity index (χ3n) is 3.81. The topological polar surface area (TPSA) is 62.0 Å². The Morgan fingerprint density at radius 3 is 2.76 bits per heavy atom. The molecule has 3 heterocycles. The zero-order chi connectivity index (χ0) is 18.2. The van der Waals surface area contributed by atoms with Gasteiger partial charge in [-0.25, -0.2) is 4.98 Å². The van der Waals surface area contributed by atoms with Gasteiger partial charge in [0.1, 0.15) is 22.6 Å². The Labute approximate surface area is 146 Å². The first-order valence-electron chi connectivity index (χ1n) is 7.31. The molecule has 9 heteroatoms. The minimum absolute atomic E-state index is 0.0167. The lowest BCUT2D eigenvalue weighted by Gasteiger charge is -2.28. The maximum atomic E-state index is 13.3. The Balaban J connectivity index is 2.11. The van der Waals surface area contributed by atoms with Gasteiger partial charge in [-0.05, 0) is 25.1 Å². The molecule has 1 saturated heterocycles. The Hall–Kier alpha value is -2.37. The molecule has 0 radical (unpaired) electrons. The van der Waals surface area contributed by atoms with Crippen molar-refractivity contribution in [3.8, 4) is 6.07 Å². The third-order valence-corrected chi connectivity index (χ3v) is 4.08. The van der Waals surface area contributed by atoms with E-state index in [-0.39, 0.29) is 11.9 Å². The molecule has 3 rings (SSSR count). The van der Waals surface area contributed by atoms with Crippen LogP contribution >= 0.6 is 11.6 Å². The van der Waals surface area contributed by atoms with Crippen LogP contribution in [0.25, 0.3) is 0 Å². The van der Waals surface area contributed by atoms with Gasteiger partial charge < -0.3 is 9.64 Å². The summed E-state index contributed by atoms with van der Waals surface area (Å²) in [6.45, 7) is 2.09. The maximum absolute atomic E-state index is 13.3. The van der Waals surface area contributed by atoms with E-state index in [2.05, 4.69) is 9.97 Å². The summed E-state index contributed by atoms with van der Waals surface area (Å²) in [7, 11) is 0. The molecular formula is C16H12ClF3N4O. The van der Waals surface area contributed by atoms with Crippen LogP contribution in [-0.4, -0.2) is 22.6 Å². The number of nitriles is 1. The summed E-state index contributed by atoms with van der Waals surface area (Å²) < 4.78 is 45.6. The molecule has 0 saturated carbocycles. The number of halogens is 4. The van der Waals surface area contributed by atoms with Crippen LogP contribution in [0.1, 0.15) is 30.0 Å². The number of anilines is 1. The van der Waals surface area contributed by atoms with Crippen molar-refractivity contribution in [1.82, 2.24) is 9.97 Å². The normalized spacial score (nSPS) is 20.6. The van der Waals surface area contributed by atoms with E-state index >= 15 is 0 Å². The fourth-order valence-electron chi connectivity index (χ4n) is 2.68. The predicted molar refractivity (Wildman–Crippen MR) is 83.8 cm³/mol. The van der Waals surface area contributed by atoms with Crippen molar-refractivity contribution < 1.29 is 17.9 Å². The molecule has 0 aromatic carbocycles. The largest absolute Gasteiger partial charge is 0.417 e. The van der Waals surface area contributed by atoms with Gasteiger partial charge in [0.2, 0.25) is 0 Å². The van der Waals surface area contributed by atoms with E-state index in [0.29, 0.717) is 12.3 Å². The fraction of sp³-hybridized carbons (Fsp3) is 0.312. The van der Waals surface area contributed by atoms with Crippen LogP contribution in [0, 0.1) is 11.3 Å². The van der Waals surface area contributed by atoms with E-state index in [9.17, 15) is 13.2 Å². The molecule has 2 aromatic rings. The van der Waals surface area contributed by atoms with Gasteiger partial charge in [-0.15, -0.1) is 0 Å². The summed E-state index contributed by atoms with van der Waals surface area (Å²) in [5, 5.41) is 8.48. The Bertz CT molecular complexity index is 823. The highest BCUT2D eigenvalue weighted by Crippen LogP contribution is 2.40. The highest BCUT2D eigenvalue weighted by molar-refractivity contribution is 6.30. The SMILES string of the molecule is CC1COC(c2ccccn2)N1c1cc(C(F)(F)F)c(C#N)c(Cl)n1. The molecule has 2 aromatic heterocycles. The zero-order valence-corrected chi connectivity index (χ0v) is 13.7. The molecule has 25 heavy (non-hydrogen) atoms. The molecule has 2 atom stereocenters. The number of hydrogen-bond acceptors (Lipinski definition) is 5. The first kappa shape index (κ1) is 17.5. The van der Waals surface area contributed by atoms with Crippen LogP contribution in [0.3, 0.4) is 0 Å². The summed E-state index contributed by atoms with van der Waals surface area (Å²) in [5.74, 6) is -0.0167. The van der Waals surface area contributed by atoms with Gasteiger partial charge in [0.05, 0.1) is 23.9 Å². The first-order chi connectivity index (χ1) is 11.8. The molecule has 0 bridgehead atoms. The highest BCUT2D eigenvalue weighted by atomic mass is 35.5. The van der Waals surface area contributed by atoms with Gasteiger partial charge in [0.15, 0.2) is 6.23 Å². The molecule has 0 amide bonds. The number of pyridine rings is 2. The van der Waals surface area contributed by atoms with E-state index in [1.165, 1.54) is 6.07 Å². The van der Waals surface area contributed by atoms with Crippen molar-refractivity contribution in [2.75, 3.05) is 11.5 Å². The summed E-state index contributed by atoms with van der Waals surface area (Å²) in [6, 6.07) is 7.24. The summed E-state index contributed by atoms with van der Waals surface area (Å²) in [4.78, 5) is 9.76. The number of ether oxygens (including phenoxy) is 1. The molecule has 0 spiro atoms. The maximum Gasteiger partial charge on any atom is 0.417 e. The molecule has 0 aliphatic carbocycles. The smallest absolute Gasteiger partial charge is 0.350 e. The van der Waals surface area contributed by atoms with Crippen molar-refractivity contribution in [1.29, 1.82) is 5.26 Å². The van der Waals surface area contributed by atoms with Crippen LogP contribution in [0.2, 0.25) is 5.15 Å². The van der Waals surface area contributed by atoms with Crippen LogP contribution < -0.4 is 4.90 Å². The quantitative estimate of drug-likeness (QED) is 0.751. The van der Waals surface area contributed by atoms with E-state index in [1.807, 2.05) is 0 Å². The van der Waals surface area contributed by atoms with E-state index in [0.717, 1.165) is 6.07 Å². The van der Waals surface area contributed by atoms with Gasteiger partial charge in [-0.1, -0.05) is 17.7 Å². The number of rotatable bonds is 2. The van der Waals surface area contributed by atoms with Crippen LogP contribution in [0.15, 0.2) is 30.5 Å². The number of nitrogens with zero attached hydrogens (tertiary/aromatic N) is 4. The molecule has 0 N–H and O–H groups in total. The Morgan fingerprint density at radius 2 is 2.16 bits per heavy atom. The minimum Gasteiger partial charge on any atom is -0.350 e. The number of alkyl halides is 3. The molecular weight excluding hydrogens is 357 g/mol. The molecule has 2 unspecified atom stereocenters. The minimum atomic E-state index is -4.73. The molecule has 130 valence electrons. The van der Waals surface area contributed by atoms with Crippen LogP contribution in [-0.2, 0) is 10.9 Å². The van der Waals surface area contributed by atoms with Crippen molar-refractivity contribution >= 4 is 17.4 Å². The number of aromatic nitrogens is 2. The molecule has 5 nitrogen and oxygen atoms in total. The lowest BCUT2D eigenvalue weighted by molar-refractivity contribution is -0.137. The van der Waals surface area contributed by atoms with Crippen LogP contribution in [0.4, 0.5) is 19.0 Å². The predicted octanol–water partition coefficient (Wildman–Crippen LogP) is 3.94. The standard InChI is InChI=1S/C16H12ClF3N4O/c1-9-8-25-15(12-4-2-3-5-22-12)24(9)13-6-11(16(18,19)20)10(7-21)14(17)23-13/h2-6,9,15H,8H2,1H3. The van der Waals surface area contributed by atoms with Gasteiger partial charge in [0, 0.05) is 6.20 Å².